The van der Waals surface area contributed by atoms with Gasteiger partial charge in [-0.15, -0.1) is 0 Å². The molecular weight excluding hydrogens is 404 g/mol. The van der Waals surface area contributed by atoms with Gasteiger partial charge in [-0.05, 0) is 61.6 Å². The van der Waals surface area contributed by atoms with Crippen LogP contribution in [0, 0.1) is 12.8 Å². The Morgan fingerprint density at radius 2 is 1.87 bits per heavy atom. The van der Waals surface area contributed by atoms with E-state index in [4.69, 9.17) is 20.8 Å². The van der Waals surface area contributed by atoms with Crippen molar-refractivity contribution < 1.29 is 13.9 Å². The Kier molecular flexibility index (Phi) is 5.86. The maximum absolute atomic E-state index is 12.5. The van der Waals surface area contributed by atoms with Crippen LogP contribution in [-0.2, 0) is 9.53 Å². The number of methoxy groups -OCH3 is 1. The molecule has 1 aliphatic carbocycles. The zero-order chi connectivity index (χ0) is 21.3. The summed E-state index contributed by atoms with van der Waals surface area (Å²) in [6.07, 6.45) is 4.64. The minimum atomic E-state index is -0.451. The van der Waals surface area contributed by atoms with Crippen molar-refractivity contribution in [1.29, 1.82) is 0 Å². The van der Waals surface area contributed by atoms with Gasteiger partial charge < -0.3 is 9.15 Å². The van der Waals surface area contributed by atoms with Crippen molar-refractivity contribution in [1.82, 2.24) is 9.97 Å². The summed E-state index contributed by atoms with van der Waals surface area (Å²) in [7, 11) is 1.44. The Morgan fingerprint density at radius 3 is 2.53 bits per heavy atom. The van der Waals surface area contributed by atoms with E-state index < -0.39 is 5.63 Å². The molecule has 0 N–H and O–H groups in total. The number of benzene rings is 1. The molecule has 30 heavy (non-hydrogen) atoms. The highest BCUT2D eigenvalue weighted by Gasteiger charge is 2.24. The third kappa shape index (κ3) is 4.24. The number of hydrogen-bond acceptors (Lipinski definition) is 6. The summed E-state index contributed by atoms with van der Waals surface area (Å²) in [5.41, 5.74) is 2.20. The lowest BCUT2D eigenvalue weighted by atomic mass is 9.77. The van der Waals surface area contributed by atoms with E-state index in [-0.39, 0.29) is 16.8 Å². The van der Waals surface area contributed by atoms with Gasteiger partial charge in [0, 0.05) is 6.42 Å². The van der Waals surface area contributed by atoms with Crippen LogP contribution in [0.3, 0.4) is 0 Å². The molecule has 0 atom stereocenters. The van der Waals surface area contributed by atoms with Crippen LogP contribution >= 0.6 is 11.6 Å². The van der Waals surface area contributed by atoms with Crippen LogP contribution in [0.1, 0.15) is 49.4 Å². The van der Waals surface area contributed by atoms with Crippen molar-refractivity contribution in [2.24, 2.45) is 5.92 Å². The van der Waals surface area contributed by atoms with Crippen molar-refractivity contribution >= 4 is 28.7 Å². The van der Waals surface area contributed by atoms with Gasteiger partial charge in [0.05, 0.1) is 18.1 Å². The minimum Gasteiger partial charge on any atom is -0.469 e. The van der Waals surface area contributed by atoms with E-state index in [1.54, 1.807) is 13.0 Å². The predicted octanol–water partition coefficient (Wildman–Crippen LogP) is 5.05. The van der Waals surface area contributed by atoms with Crippen molar-refractivity contribution in [2.75, 3.05) is 7.11 Å². The van der Waals surface area contributed by atoms with Crippen molar-refractivity contribution in [3.05, 3.63) is 57.3 Å². The smallest absolute Gasteiger partial charge is 0.345 e. The van der Waals surface area contributed by atoms with Crippen LogP contribution < -0.4 is 5.63 Å². The van der Waals surface area contributed by atoms with E-state index in [1.807, 2.05) is 12.1 Å². The molecule has 1 aromatic carbocycles. The lowest BCUT2D eigenvalue weighted by Gasteiger charge is -2.28. The van der Waals surface area contributed by atoms with E-state index >= 15 is 0 Å². The normalized spacial score (nSPS) is 19.0. The molecule has 1 aliphatic rings. The standard InChI is InChI=1S/C23H23ClN2O4/c1-13-25-21(24)19-12-18(23(28)30-22(19)26-13)17-9-7-16(8-10-17)15-5-3-14(4-6-15)11-20(27)29-2/h7-10,12,14-15H,3-6,11H2,1-2H3. The van der Waals surface area contributed by atoms with E-state index in [0.29, 0.717) is 35.0 Å². The molecule has 6 nitrogen and oxygen atoms in total. The highest BCUT2D eigenvalue weighted by molar-refractivity contribution is 6.33. The molecule has 0 saturated heterocycles. The Balaban J connectivity index is 1.52. The molecule has 2 heterocycles. The molecular formula is C23H23ClN2O4. The molecule has 156 valence electrons. The quantitative estimate of drug-likeness (QED) is 0.429. The number of rotatable bonds is 4. The second-order valence-electron chi connectivity index (χ2n) is 7.85. The molecule has 1 saturated carbocycles. The maximum atomic E-state index is 12.5. The maximum Gasteiger partial charge on any atom is 0.345 e. The number of nitrogens with zero attached hydrogens (tertiary/aromatic N) is 2. The number of fused-ring (bicyclic) bond motifs is 1. The molecule has 0 bridgehead atoms. The van der Waals surface area contributed by atoms with E-state index in [9.17, 15) is 9.59 Å². The van der Waals surface area contributed by atoms with Crippen molar-refractivity contribution in [3.63, 3.8) is 0 Å². The fourth-order valence-electron chi connectivity index (χ4n) is 4.22. The van der Waals surface area contributed by atoms with Crippen LogP contribution in [0.25, 0.3) is 22.2 Å². The molecule has 2 aromatic heterocycles. The first-order valence-electron chi connectivity index (χ1n) is 10.1. The third-order valence-corrected chi connectivity index (χ3v) is 6.18. The Labute approximate surface area is 179 Å². The molecule has 0 unspecified atom stereocenters. The molecule has 7 heteroatoms. The summed E-state index contributed by atoms with van der Waals surface area (Å²) in [6.45, 7) is 1.70. The lowest BCUT2D eigenvalue weighted by Crippen LogP contribution is -2.17. The number of hydrogen-bond donors (Lipinski definition) is 0. The van der Waals surface area contributed by atoms with Crippen molar-refractivity contribution in [3.8, 4) is 11.1 Å². The lowest BCUT2D eigenvalue weighted by molar-refractivity contribution is -0.142. The number of aryl methyl sites for hydroxylation is 1. The zero-order valence-corrected chi connectivity index (χ0v) is 17.7. The van der Waals surface area contributed by atoms with Gasteiger partial charge in [-0.1, -0.05) is 35.9 Å². The molecule has 1 fully saturated rings. The molecule has 0 spiro atoms. The number of aromatic nitrogens is 2. The van der Waals surface area contributed by atoms with E-state index in [2.05, 4.69) is 22.1 Å². The number of halogens is 1. The van der Waals surface area contributed by atoms with Crippen LogP contribution in [-0.4, -0.2) is 23.0 Å². The topological polar surface area (TPSA) is 82.3 Å². The van der Waals surface area contributed by atoms with Gasteiger partial charge in [0.1, 0.15) is 11.0 Å². The first-order valence-corrected chi connectivity index (χ1v) is 10.5. The summed E-state index contributed by atoms with van der Waals surface area (Å²) >= 11 is 6.21. The van der Waals surface area contributed by atoms with E-state index in [1.165, 1.54) is 12.7 Å². The largest absolute Gasteiger partial charge is 0.469 e. The highest BCUT2D eigenvalue weighted by atomic mass is 35.5. The number of esters is 1. The fourth-order valence-corrected chi connectivity index (χ4v) is 4.48. The summed E-state index contributed by atoms with van der Waals surface area (Å²) in [4.78, 5) is 32.2. The number of carbonyl (C=O) groups excluding carboxylic acids is 1. The van der Waals surface area contributed by atoms with E-state index in [0.717, 1.165) is 31.2 Å². The van der Waals surface area contributed by atoms with Gasteiger partial charge in [0.2, 0.25) is 5.71 Å². The van der Waals surface area contributed by atoms with Crippen molar-refractivity contribution in [2.45, 2.75) is 44.9 Å². The first-order chi connectivity index (χ1) is 14.4. The van der Waals surface area contributed by atoms with Gasteiger partial charge in [-0.3, -0.25) is 4.79 Å². The summed E-state index contributed by atoms with van der Waals surface area (Å²) in [5.74, 6) is 1.20. The molecule has 0 radical (unpaired) electrons. The molecule has 4 rings (SSSR count). The second kappa shape index (κ2) is 8.56. The second-order valence-corrected chi connectivity index (χ2v) is 8.21. The van der Waals surface area contributed by atoms with Gasteiger partial charge in [-0.2, -0.15) is 4.98 Å². The SMILES string of the molecule is COC(=O)CC1CCC(c2ccc(-c3cc4c(Cl)nc(C)nc4oc3=O)cc2)CC1. The average molecular weight is 427 g/mol. The summed E-state index contributed by atoms with van der Waals surface area (Å²) in [6, 6.07) is 9.71. The third-order valence-electron chi connectivity index (χ3n) is 5.90. The Hall–Kier alpha value is -2.73. The summed E-state index contributed by atoms with van der Waals surface area (Å²) < 4.78 is 10.2. The van der Waals surface area contributed by atoms with Crippen LogP contribution in [0.5, 0.6) is 0 Å². The van der Waals surface area contributed by atoms with Gasteiger partial charge in [-0.25, -0.2) is 9.78 Å². The van der Waals surface area contributed by atoms with Gasteiger partial charge >= 0.3 is 11.6 Å². The minimum absolute atomic E-state index is 0.127. The monoisotopic (exact) mass is 426 g/mol. The van der Waals surface area contributed by atoms with Crippen LogP contribution in [0.15, 0.2) is 39.5 Å². The van der Waals surface area contributed by atoms with Crippen LogP contribution in [0.4, 0.5) is 0 Å². The predicted molar refractivity (Wildman–Crippen MR) is 115 cm³/mol. The van der Waals surface area contributed by atoms with Gasteiger partial charge in [0.15, 0.2) is 0 Å². The average Bonchev–Trinajstić information content (AvgIpc) is 2.74. The van der Waals surface area contributed by atoms with Gasteiger partial charge in [0.25, 0.3) is 0 Å². The van der Waals surface area contributed by atoms with Crippen LogP contribution in [0.2, 0.25) is 5.15 Å². The fraction of sp³-hybridized carbons (Fsp3) is 0.391. The number of ether oxygens (including phenoxy) is 1. The zero-order valence-electron chi connectivity index (χ0n) is 17.0. The number of carbonyl (C=O) groups is 1. The summed E-state index contributed by atoms with van der Waals surface area (Å²) in [5, 5.41) is 0.785. The first kappa shape index (κ1) is 20.5. The Bertz CT molecular complexity index is 1130. The molecule has 0 aliphatic heterocycles. The molecule has 0 amide bonds. The molecule has 3 aromatic rings. The highest BCUT2D eigenvalue weighted by Crippen LogP contribution is 2.37. The Morgan fingerprint density at radius 1 is 1.17 bits per heavy atom.